The van der Waals surface area contributed by atoms with Crippen LogP contribution in [-0.2, 0) is 20.7 Å². The molecule has 1 amide bonds. The van der Waals surface area contributed by atoms with E-state index >= 15 is 0 Å². The molecule has 1 aromatic heterocycles. The minimum absolute atomic E-state index is 0.0116. The van der Waals surface area contributed by atoms with Gasteiger partial charge < -0.3 is 19.8 Å². The summed E-state index contributed by atoms with van der Waals surface area (Å²) >= 11 is 0. The van der Waals surface area contributed by atoms with Crippen LogP contribution in [0.25, 0.3) is 10.9 Å². The first kappa shape index (κ1) is 20.1. The third-order valence-corrected chi connectivity index (χ3v) is 4.22. The maximum Gasteiger partial charge on any atom is 0.306 e. The van der Waals surface area contributed by atoms with Gasteiger partial charge in [0.25, 0.3) is 11.5 Å². The van der Waals surface area contributed by atoms with Crippen molar-refractivity contribution in [2.75, 3.05) is 19.0 Å². The molecule has 2 aromatic carbocycles. The maximum absolute atomic E-state index is 12.1. The highest BCUT2D eigenvalue weighted by Crippen LogP contribution is 2.25. The molecule has 1 heterocycles. The zero-order valence-corrected chi connectivity index (χ0v) is 16.2. The number of carbonyl (C=O) groups is 2. The van der Waals surface area contributed by atoms with Gasteiger partial charge in [0.15, 0.2) is 6.61 Å². The molecule has 8 nitrogen and oxygen atoms in total. The normalized spacial score (nSPS) is 10.6. The third-order valence-electron chi connectivity index (χ3n) is 4.22. The maximum atomic E-state index is 12.1. The molecule has 3 aromatic rings. The lowest BCUT2D eigenvalue weighted by molar-refractivity contribution is -0.147. The van der Waals surface area contributed by atoms with E-state index in [1.165, 1.54) is 7.11 Å². The van der Waals surface area contributed by atoms with Crippen molar-refractivity contribution in [3.8, 4) is 5.75 Å². The number of aromatic nitrogens is 2. The Hall–Kier alpha value is -3.68. The highest BCUT2D eigenvalue weighted by molar-refractivity contribution is 5.94. The Morgan fingerprint density at radius 1 is 1.17 bits per heavy atom. The molecule has 0 aliphatic carbocycles. The molecule has 0 atom stereocenters. The smallest absolute Gasteiger partial charge is 0.306 e. The molecule has 0 aliphatic rings. The van der Waals surface area contributed by atoms with E-state index in [1.54, 1.807) is 36.4 Å². The van der Waals surface area contributed by atoms with Gasteiger partial charge in [-0.05, 0) is 36.8 Å². The predicted molar refractivity (Wildman–Crippen MR) is 108 cm³/mol. The summed E-state index contributed by atoms with van der Waals surface area (Å²) in [7, 11) is 1.51. The second kappa shape index (κ2) is 9.01. The van der Waals surface area contributed by atoms with Gasteiger partial charge in [-0.2, -0.15) is 0 Å². The van der Waals surface area contributed by atoms with Gasteiger partial charge in [0.1, 0.15) is 11.6 Å². The summed E-state index contributed by atoms with van der Waals surface area (Å²) in [5.74, 6) is -0.132. The molecule has 0 spiro atoms. The highest BCUT2D eigenvalue weighted by Gasteiger charge is 2.12. The minimum Gasteiger partial charge on any atom is -0.495 e. The number of hydrogen-bond donors (Lipinski definition) is 2. The van der Waals surface area contributed by atoms with E-state index in [1.807, 2.05) is 13.0 Å². The summed E-state index contributed by atoms with van der Waals surface area (Å²) < 4.78 is 10.2. The second-order valence-corrected chi connectivity index (χ2v) is 6.44. The summed E-state index contributed by atoms with van der Waals surface area (Å²) in [4.78, 5) is 43.0. The van der Waals surface area contributed by atoms with Crippen molar-refractivity contribution in [3.05, 3.63) is 64.2 Å². The van der Waals surface area contributed by atoms with Crippen LogP contribution >= 0.6 is 0 Å². The number of carbonyl (C=O) groups excluding carboxylic acids is 2. The van der Waals surface area contributed by atoms with Crippen LogP contribution in [0.5, 0.6) is 5.75 Å². The molecule has 0 fully saturated rings. The summed E-state index contributed by atoms with van der Waals surface area (Å²) in [5.41, 5.74) is 1.76. The number of amides is 1. The molecule has 0 saturated carbocycles. The molecule has 29 heavy (non-hydrogen) atoms. The van der Waals surface area contributed by atoms with Crippen LogP contribution < -0.4 is 15.6 Å². The van der Waals surface area contributed by atoms with Crippen molar-refractivity contribution >= 4 is 28.5 Å². The minimum atomic E-state index is -0.563. The first-order chi connectivity index (χ1) is 14.0. The van der Waals surface area contributed by atoms with E-state index < -0.39 is 18.5 Å². The lowest BCUT2D eigenvalue weighted by Crippen LogP contribution is -2.21. The predicted octanol–water partition coefficient (Wildman–Crippen LogP) is 2.35. The van der Waals surface area contributed by atoms with Crippen molar-refractivity contribution < 1.29 is 19.1 Å². The van der Waals surface area contributed by atoms with Gasteiger partial charge in [0.2, 0.25) is 0 Å². The van der Waals surface area contributed by atoms with Gasteiger partial charge in [-0.1, -0.05) is 18.2 Å². The summed E-state index contributed by atoms with van der Waals surface area (Å²) in [6, 6.07) is 12.3. The number of nitrogens with one attached hydrogen (secondary N) is 2. The van der Waals surface area contributed by atoms with Crippen molar-refractivity contribution in [3.63, 3.8) is 0 Å². The van der Waals surface area contributed by atoms with Crippen LogP contribution in [0.3, 0.4) is 0 Å². The quantitative estimate of drug-likeness (QED) is 0.594. The number of para-hydroxylation sites is 1. The van der Waals surface area contributed by atoms with Gasteiger partial charge in [-0.15, -0.1) is 0 Å². The fraction of sp³-hybridized carbons (Fsp3) is 0.238. The Labute approximate surface area is 166 Å². The number of benzene rings is 2. The number of methoxy groups -OCH3 is 1. The number of ether oxygens (including phenoxy) is 2. The lowest BCUT2D eigenvalue weighted by Gasteiger charge is -2.11. The Morgan fingerprint density at radius 2 is 1.97 bits per heavy atom. The van der Waals surface area contributed by atoms with Crippen molar-refractivity contribution in [2.45, 2.75) is 19.8 Å². The first-order valence-electron chi connectivity index (χ1n) is 9.04. The van der Waals surface area contributed by atoms with Crippen LogP contribution in [0.4, 0.5) is 5.69 Å². The Morgan fingerprint density at radius 3 is 2.76 bits per heavy atom. The van der Waals surface area contributed by atoms with E-state index in [4.69, 9.17) is 9.47 Å². The summed E-state index contributed by atoms with van der Waals surface area (Å²) in [6.45, 7) is 1.47. The van der Waals surface area contributed by atoms with Crippen LogP contribution in [-0.4, -0.2) is 35.6 Å². The van der Waals surface area contributed by atoms with E-state index in [2.05, 4.69) is 15.3 Å². The number of aromatic amines is 1. The number of fused-ring (bicyclic) bond motifs is 1. The number of H-pyrrole nitrogens is 1. The fourth-order valence-electron chi connectivity index (χ4n) is 2.80. The molecular weight excluding hydrogens is 374 g/mol. The molecule has 150 valence electrons. The zero-order chi connectivity index (χ0) is 20.8. The first-order valence-corrected chi connectivity index (χ1v) is 9.04. The van der Waals surface area contributed by atoms with E-state index in [-0.39, 0.29) is 18.4 Å². The van der Waals surface area contributed by atoms with E-state index in [0.717, 1.165) is 5.56 Å². The van der Waals surface area contributed by atoms with Crippen LogP contribution in [0.15, 0.2) is 47.3 Å². The van der Waals surface area contributed by atoms with Gasteiger partial charge in [-0.3, -0.25) is 14.4 Å². The van der Waals surface area contributed by atoms with Crippen LogP contribution in [0, 0.1) is 6.92 Å². The lowest BCUT2D eigenvalue weighted by atomic mass is 10.2. The number of nitrogens with zero attached hydrogens (tertiary/aromatic N) is 1. The topological polar surface area (TPSA) is 110 Å². The zero-order valence-electron chi connectivity index (χ0n) is 16.2. The molecular formula is C21H21N3O5. The number of hydrogen-bond acceptors (Lipinski definition) is 6. The van der Waals surface area contributed by atoms with Gasteiger partial charge >= 0.3 is 5.97 Å². The largest absolute Gasteiger partial charge is 0.495 e. The van der Waals surface area contributed by atoms with Crippen molar-refractivity contribution in [1.29, 1.82) is 0 Å². The highest BCUT2D eigenvalue weighted by atomic mass is 16.5. The SMILES string of the molecule is COc1ccc(C)cc1NC(=O)COC(=O)CCc1nc2ccccc2c(=O)[nH]1. The van der Waals surface area contributed by atoms with Crippen LogP contribution in [0.1, 0.15) is 17.8 Å². The molecule has 0 bridgehead atoms. The Bertz CT molecular complexity index is 1110. The summed E-state index contributed by atoms with van der Waals surface area (Å²) in [6.07, 6.45) is 0.189. The standard InChI is InChI=1S/C21H21N3O5/c1-13-7-8-17(28-2)16(11-13)23-19(25)12-29-20(26)10-9-18-22-15-6-4-3-5-14(15)21(27)24-18/h3-8,11H,9-10,12H2,1-2H3,(H,23,25)(H,22,24,27). The number of aryl methyl sites for hydroxylation is 2. The van der Waals surface area contributed by atoms with Gasteiger partial charge in [-0.25, -0.2) is 4.98 Å². The van der Waals surface area contributed by atoms with Crippen molar-refractivity contribution in [2.24, 2.45) is 0 Å². The van der Waals surface area contributed by atoms with Gasteiger partial charge in [0.05, 0.1) is 30.1 Å². The van der Waals surface area contributed by atoms with E-state index in [9.17, 15) is 14.4 Å². The number of anilines is 1. The fourth-order valence-corrected chi connectivity index (χ4v) is 2.80. The molecule has 0 saturated heterocycles. The van der Waals surface area contributed by atoms with Crippen molar-refractivity contribution in [1.82, 2.24) is 9.97 Å². The summed E-state index contributed by atoms with van der Waals surface area (Å²) in [5, 5.41) is 3.15. The monoisotopic (exact) mass is 395 g/mol. The molecule has 0 unspecified atom stereocenters. The average molecular weight is 395 g/mol. The Balaban J connectivity index is 1.52. The molecule has 2 N–H and O–H groups in total. The second-order valence-electron chi connectivity index (χ2n) is 6.44. The molecule has 0 aliphatic heterocycles. The Kier molecular flexibility index (Phi) is 6.23. The molecule has 8 heteroatoms. The average Bonchev–Trinajstić information content (AvgIpc) is 2.71. The third kappa shape index (κ3) is 5.19. The number of rotatable bonds is 7. The molecule has 3 rings (SSSR count). The van der Waals surface area contributed by atoms with E-state index in [0.29, 0.717) is 28.2 Å². The number of esters is 1. The van der Waals surface area contributed by atoms with Crippen LogP contribution in [0.2, 0.25) is 0 Å². The molecule has 0 radical (unpaired) electrons. The van der Waals surface area contributed by atoms with Gasteiger partial charge in [0, 0.05) is 6.42 Å².